The van der Waals surface area contributed by atoms with Crippen LogP contribution in [0.1, 0.15) is 52.4 Å². The van der Waals surface area contributed by atoms with Gasteiger partial charge in [-0.3, -0.25) is 0 Å². The molecule has 0 radical (unpaired) electrons. The van der Waals surface area contributed by atoms with Gasteiger partial charge in [0.25, 0.3) is 0 Å². The van der Waals surface area contributed by atoms with Gasteiger partial charge in [0, 0.05) is 0 Å². The second kappa shape index (κ2) is 6.56. The largest absolute Gasteiger partial charge is 0.392 e. The van der Waals surface area contributed by atoms with Crippen molar-refractivity contribution in [1.29, 1.82) is 0 Å². The smallest absolute Gasteiger partial charge is 0.171 e. The van der Waals surface area contributed by atoms with E-state index in [1.807, 2.05) is 0 Å². The second-order valence-corrected chi connectivity index (χ2v) is 5.87. The Labute approximate surface area is 115 Å². The predicted octanol–water partition coefficient (Wildman–Crippen LogP) is 5.97. The molecule has 0 aliphatic heterocycles. The van der Waals surface area contributed by atoms with Crippen molar-refractivity contribution in [1.82, 2.24) is 0 Å². The van der Waals surface area contributed by atoms with Crippen LogP contribution in [0.3, 0.4) is 0 Å². The van der Waals surface area contributed by atoms with Gasteiger partial charge in [-0.15, -0.1) is 0 Å². The van der Waals surface area contributed by atoms with Gasteiger partial charge in [-0.2, -0.15) is 26.3 Å². The van der Waals surface area contributed by atoms with E-state index in [-0.39, 0.29) is 6.42 Å². The van der Waals surface area contributed by atoms with Crippen molar-refractivity contribution in [2.75, 3.05) is 0 Å². The lowest BCUT2D eigenvalue weighted by Gasteiger charge is -2.43. The van der Waals surface area contributed by atoms with Gasteiger partial charge in [0.1, 0.15) is 0 Å². The highest BCUT2D eigenvalue weighted by atomic mass is 19.4. The fraction of sp³-hybridized carbons (Fsp3) is 1.00. The number of alkyl halides is 6. The lowest BCUT2D eigenvalue weighted by molar-refractivity contribution is -0.247. The van der Waals surface area contributed by atoms with Crippen molar-refractivity contribution in [2.24, 2.45) is 23.7 Å². The first-order valence-electron chi connectivity index (χ1n) is 7.24. The molecule has 0 bridgehead atoms. The molecule has 6 heteroatoms. The molecule has 20 heavy (non-hydrogen) atoms. The Hall–Kier alpha value is -0.420. The number of hydrogen-bond donors (Lipinski definition) is 0. The fourth-order valence-electron chi connectivity index (χ4n) is 3.56. The molecule has 1 saturated carbocycles. The van der Waals surface area contributed by atoms with Crippen molar-refractivity contribution in [3.8, 4) is 0 Å². The highest BCUT2D eigenvalue weighted by Gasteiger charge is 2.55. The van der Waals surface area contributed by atoms with Crippen LogP contribution in [0.25, 0.3) is 0 Å². The molecule has 0 nitrogen and oxygen atoms in total. The standard InChI is InChI=1S/C14H22F6/c1-3-5-9-7-10(6-4-2)12(14(18,19)20)8-11(9)13(15,16)17/h9-12H,3-8H2,1-2H3. The van der Waals surface area contributed by atoms with Gasteiger partial charge < -0.3 is 0 Å². The van der Waals surface area contributed by atoms with Crippen molar-refractivity contribution in [3.63, 3.8) is 0 Å². The molecule has 4 atom stereocenters. The highest BCUT2D eigenvalue weighted by molar-refractivity contribution is 4.91. The molecule has 0 N–H and O–H groups in total. The molecule has 4 unspecified atom stereocenters. The zero-order chi connectivity index (χ0) is 15.6. The maximum Gasteiger partial charge on any atom is 0.392 e. The lowest BCUT2D eigenvalue weighted by Crippen LogP contribution is -2.44. The summed E-state index contributed by atoms with van der Waals surface area (Å²) in [5.41, 5.74) is 0. The van der Waals surface area contributed by atoms with Crippen LogP contribution < -0.4 is 0 Å². The molecule has 1 rings (SSSR count). The van der Waals surface area contributed by atoms with E-state index in [1.165, 1.54) is 0 Å². The Balaban J connectivity index is 2.97. The van der Waals surface area contributed by atoms with E-state index in [2.05, 4.69) is 0 Å². The van der Waals surface area contributed by atoms with Crippen molar-refractivity contribution < 1.29 is 26.3 Å². The van der Waals surface area contributed by atoms with E-state index in [0.29, 0.717) is 25.7 Å². The minimum atomic E-state index is -4.53. The average Bonchev–Trinajstić information content (AvgIpc) is 2.26. The molecular weight excluding hydrogens is 282 g/mol. The molecule has 0 aromatic heterocycles. The normalized spacial score (nSPS) is 32.4. The van der Waals surface area contributed by atoms with Gasteiger partial charge in [0.2, 0.25) is 0 Å². The quantitative estimate of drug-likeness (QED) is 0.561. The topological polar surface area (TPSA) is 0 Å². The van der Waals surface area contributed by atoms with Crippen LogP contribution in [0.4, 0.5) is 26.3 Å². The molecule has 1 fully saturated rings. The van der Waals surface area contributed by atoms with Crippen LogP contribution in [-0.4, -0.2) is 12.4 Å². The molecule has 0 heterocycles. The van der Waals surface area contributed by atoms with Crippen LogP contribution in [0.5, 0.6) is 0 Å². The maximum atomic E-state index is 13.0. The summed E-state index contributed by atoms with van der Waals surface area (Å²) in [6, 6.07) is 0. The number of rotatable bonds is 4. The third kappa shape index (κ3) is 4.29. The monoisotopic (exact) mass is 304 g/mol. The van der Waals surface area contributed by atoms with Crippen molar-refractivity contribution >= 4 is 0 Å². The Morgan fingerprint density at radius 2 is 1.05 bits per heavy atom. The third-order valence-electron chi connectivity index (χ3n) is 4.41. The second-order valence-electron chi connectivity index (χ2n) is 5.87. The third-order valence-corrected chi connectivity index (χ3v) is 4.41. The first kappa shape index (κ1) is 17.6. The van der Waals surface area contributed by atoms with Gasteiger partial charge in [-0.05, 0) is 24.7 Å². The van der Waals surface area contributed by atoms with Gasteiger partial charge in [-0.25, -0.2) is 0 Å². The van der Waals surface area contributed by atoms with E-state index < -0.39 is 42.4 Å². The minimum absolute atomic E-state index is 0.0516. The molecule has 0 amide bonds. The van der Waals surface area contributed by atoms with Gasteiger partial charge in [0.15, 0.2) is 0 Å². The Bertz CT molecular complexity index is 265. The van der Waals surface area contributed by atoms with Crippen LogP contribution >= 0.6 is 0 Å². The van der Waals surface area contributed by atoms with Crippen molar-refractivity contribution in [3.05, 3.63) is 0 Å². The van der Waals surface area contributed by atoms with Crippen LogP contribution in [0.15, 0.2) is 0 Å². The summed E-state index contributed by atoms with van der Waals surface area (Å²) in [5.74, 6) is -4.92. The molecule has 0 saturated heterocycles. The lowest BCUT2D eigenvalue weighted by atomic mass is 9.65. The maximum absolute atomic E-state index is 13.0. The summed E-state index contributed by atoms with van der Waals surface area (Å²) in [4.78, 5) is 0. The Morgan fingerprint density at radius 3 is 1.30 bits per heavy atom. The highest BCUT2D eigenvalue weighted by Crippen LogP contribution is 2.52. The molecular formula is C14H22F6. The summed E-state index contributed by atoms with van der Waals surface area (Å²) in [7, 11) is 0. The summed E-state index contributed by atoms with van der Waals surface area (Å²) in [6.45, 7) is 3.55. The summed E-state index contributed by atoms with van der Waals surface area (Å²) < 4.78 is 78.1. The first-order valence-corrected chi connectivity index (χ1v) is 7.24. The average molecular weight is 304 g/mol. The molecule has 120 valence electrons. The summed E-state index contributed by atoms with van der Waals surface area (Å²) >= 11 is 0. The SMILES string of the molecule is CCCC1CC(CCC)C(C(F)(F)F)CC1C(F)(F)F. The molecule has 1 aliphatic rings. The van der Waals surface area contributed by atoms with Gasteiger partial charge in [0.05, 0.1) is 11.8 Å². The number of halogens is 6. The van der Waals surface area contributed by atoms with Gasteiger partial charge in [-0.1, -0.05) is 39.5 Å². The van der Waals surface area contributed by atoms with Gasteiger partial charge >= 0.3 is 12.4 Å². The van der Waals surface area contributed by atoms with Crippen LogP contribution in [0, 0.1) is 23.7 Å². The Morgan fingerprint density at radius 1 is 0.700 bits per heavy atom. The van der Waals surface area contributed by atoms with Crippen LogP contribution in [-0.2, 0) is 0 Å². The van der Waals surface area contributed by atoms with Crippen LogP contribution in [0.2, 0.25) is 0 Å². The zero-order valence-electron chi connectivity index (χ0n) is 11.8. The first-order chi connectivity index (χ1) is 9.11. The molecule has 0 spiro atoms. The van der Waals surface area contributed by atoms with E-state index in [4.69, 9.17) is 0 Å². The number of hydrogen-bond acceptors (Lipinski definition) is 0. The molecule has 0 aromatic rings. The van der Waals surface area contributed by atoms with Crippen molar-refractivity contribution in [2.45, 2.75) is 64.7 Å². The van der Waals surface area contributed by atoms with E-state index in [0.717, 1.165) is 0 Å². The van der Waals surface area contributed by atoms with E-state index in [1.54, 1.807) is 13.8 Å². The minimum Gasteiger partial charge on any atom is -0.171 e. The summed E-state index contributed by atoms with van der Waals surface area (Å²) in [6.07, 6.45) is -7.93. The fourth-order valence-corrected chi connectivity index (χ4v) is 3.56. The molecule has 1 aliphatic carbocycles. The predicted molar refractivity (Wildman–Crippen MR) is 65.1 cm³/mol. The molecule has 0 aromatic carbocycles. The zero-order valence-corrected chi connectivity index (χ0v) is 11.8. The summed E-state index contributed by atoms with van der Waals surface area (Å²) in [5, 5.41) is 0. The Kier molecular flexibility index (Phi) is 5.79. The van der Waals surface area contributed by atoms with E-state index in [9.17, 15) is 26.3 Å². The van der Waals surface area contributed by atoms with E-state index >= 15 is 0 Å².